The number of hydrogen-bond acceptors (Lipinski definition) is 3. The fourth-order valence-corrected chi connectivity index (χ4v) is 4.44. The van der Waals surface area contributed by atoms with E-state index in [0.29, 0.717) is 0 Å². The molecule has 0 atom stereocenters. The minimum atomic E-state index is 0.906. The second-order valence-electron chi connectivity index (χ2n) is 5.66. The van der Waals surface area contributed by atoms with E-state index in [-0.39, 0.29) is 0 Å². The highest BCUT2D eigenvalue weighted by atomic mass is 32.1. The third kappa shape index (κ3) is 1.61. The predicted molar refractivity (Wildman–Crippen MR) is 85.3 cm³/mol. The number of nitrogen functional groups attached to an aromatic ring is 1. The summed E-state index contributed by atoms with van der Waals surface area (Å²) in [6, 6.07) is 4.33. The van der Waals surface area contributed by atoms with Crippen LogP contribution in [0.2, 0.25) is 0 Å². The van der Waals surface area contributed by atoms with Crippen LogP contribution in [0.3, 0.4) is 0 Å². The van der Waals surface area contributed by atoms with Crippen molar-refractivity contribution in [1.29, 1.82) is 0 Å². The molecule has 0 spiro atoms. The van der Waals surface area contributed by atoms with Crippen LogP contribution in [0.4, 0.5) is 5.00 Å². The molecule has 2 aromatic heterocycles. The van der Waals surface area contributed by atoms with Gasteiger partial charge in [-0.05, 0) is 55.9 Å². The van der Waals surface area contributed by atoms with Crippen LogP contribution in [-0.2, 0) is 12.8 Å². The summed E-state index contributed by atoms with van der Waals surface area (Å²) >= 11 is 1.73. The lowest BCUT2D eigenvalue weighted by Gasteiger charge is -1.98. The van der Waals surface area contributed by atoms with Crippen molar-refractivity contribution in [3.63, 3.8) is 0 Å². The van der Waals surface area contributed by atoms with Gasteiger partial charge in [-0.15, -0.1) is 11.3 Å². The number of rotatable bonds is 1. The highest BCUT2D eigenvalue weighted by Crippen LogP contribution is 2.42. The van der Waals surface area contributed by atoms with Gasteiger partial charge in [-0.3, -0.25) is 0 Å². The van der Waals surface area contributed by atoms with Gasteiger partial charge in [0.2, 0.25) is 0 Å². The van der Waals surface area contributed by atoms with E-state index < -0.39 is 0 Å². The number of nitrogens with two attached hydrogens (primary N) is 1. The first-order valence-electron chi connectivity index (χ1n) is 7.01. The van der Waals surface area contributed by atoms with E-state index in [1.807, 2.05) is 0 Å². The van der Waals surface area contributed by atoms with Gasteiger partial charge in [0.15, 0.2) is 0 Å². The van der Waals surface area contributed by atoms with E-state index in [1.54, 1.807) is 11.3 Å². The number of aromatic nitrogens is 2. The van der Waals surface area contributed by atoms with Crippen LogP contribution in [0.15, 0.2) is 12.1 Å². The SMILES string of the molecule is Cc1cc(C)c2nc(-c3c(N)sc4c3CCC4)[nH]c2c1. The lowest BCUT2D eigenvalue weighted by molar-refractivity contribution is 0.915. The van der Waals surface area contributed by atoms with Gasteiger partial charge in [0, 0.05) is 4.88 Å². The molecule has 0 aliphatic heterocycles. The molecule has 0 fully saturated rings. The number of anilines is 1. The quantitative estimate of drug-likeness (QED) is 0.709. The number of imidazole rings is 1. The van der Waals surface area contributed by atoms with E-state index in [9.17, 15) is 0 Å². The molecule has 1 aliphatic carbocycles. The van der Waals surface area contributed by atoms with Crippen LogP contribution in [0.5, 0.6) is 0 Å². The second-order valence-corrected chi connectivity index (χ2v) is 6.80. The Morgan fingerprint density at radius 2 is 2.10 bits per heavy atom. The Hall–Kier alpha value is -1.81. The molecule has 0 saturated carbocycles. The molecular weight excluding hydrogens is 266 g/mol. The summed E-state index contributed by atoms with van der Waals surface area (Å²) in [5, 5.41) is 0.906. The summed E-state index contributed by atoms with van der Waals surface area (Å²) in [4.78, 5) is 9.72. The Kier molecular flexibility index (Phi) is 2.45. The zero-order valence-corrected chi connectivity index (χ0v) is 12.5. The van der Waals surface area contributed by atoms with E-state index in [0.717, 1.165) is 33.8 Å². The van der Waals surface area contributed by atoms with E-state index in [4.69, 9.17) is 10.7 Å². The topological polar surface area (TPSA) is 54.7 Å². The molecule has 20 heavy (non-hydrogen) atoms. The molecule has 0 radical (unpaired) electrons. The number of aromatic amines is 1. The molecule has 0 unspecified atom stereocenters. The van der Waals surface area contributed by atoms with E-state index >= 15 is 0 Å². The van der Waals surface area contributed by atoms with Gasteiger partial charge >= 0.3 is 0 Å². The molecule has 0 bridgehead atoms. The Labute approximate surface area is 121 Å². The first-order chi connectivity index (χ1) is 9.63. The molecule has 3 nitrogen and oxygen atoms in total. The molecule has 3 aromatic rings. The summed E-state index contributed by atoms with van der Waals surface area (Å²) < 4.78 is 0. The average molecular weight is 283 g/mol. The van der Waals surface area contributed by atoms with Gasteiger partial charge in [0.25, 0.3) is 0 Å². The van der Waals surface area contributed by atoms with Crippen molar-refractivity contribution in [2.45, 2.75) is 33.1 Å². The largest absolute Gasteiger partial charge is 0.390 e. The number of nitrogens with one attached hydrogen (secondary N) is 1. The van der Waals surface area contributed by atoms with Gasteiger partial charge < -0.3 is 10.7 Å². The Morgan fingerprint density at radius 1 is 1.25 bits per heavy atom. The molecular formula is C16H17N3S. The summed E-state index contributed by atoms with van der Waals surface area (Å²) in [6.07, 6.45) is 3.54. The molecule has 2 heterocycles. The lowest BCUT2D eigenvalue weighted by atomic mass is 10.1. The third-order valence-electron chi connectivity index (χ3n) is 4.11. The number of fused-ring (bicyclic) bond motifs is 2. The number of aryl methyl sites for hydroxylation is 3. The van der Waals surface area contributed by atoms with Gasteiger partial charge in [-0.2, -0.15) is 0 Å². The van der Waals surface area contributed by atoms with E-state index in [1.165, 1.54) is 34.4 Å². The van der Waals surface area contributed by atoms with Gasteiger partial charge in [-0.1, -0.05) is 6.07 Å². The second kappa shape index (κ2) is 4.09. The lowest BCUT2D eigenvalue weighted by Crippen LogP contribution is -1.89. The van der Waals surface area contributed by atoms with Crippen LogP contribution in [-0.4, -0.2) is 9.97 Å². The maximum Gasteiger partial charge on any atom is 0.141 e. The van der Waals surface area contributed by atoms with Crippen molar-refractivity contribution in [3.05, 3.63) is 33.7 Å². The van der Waals surface area contributed by atoms with Gasteiger partial charge in [0.05, 0.1) is 21.6 Å². The van der Waals surface area contributed by atoms with Crippen molar-refractivity contribution in [2.24, 2.45) is 0 Å². The zero-order chi connectivity index (χ0) is 13.9. The Balaban J connectivity index is 1.97. The highest BCUT2D eigenvalue weighted by molar-refractivity contribution is 7.16. The standard InChI is InChI=1S/C16H17N3S/c1-8-6-9(2)14-11(7-8)18-16(19-14)13-10-4-3-5-12(10)20-15(13)17/h6-7H,3-5,17H2,1-2H3,(H,18,19). The molecule has 3 N–H and O–H groups in total. The molecule has 1 aromatic carbocycles. The normalized spacial score (nSPS) is 14.1. The van der Waals surface area contributed by atoms with Gasteiger partial charge in [-0.25, -0.2) is 4.98 Å². The first kappa shape index (κ1) is 12.0. The number of nitrogens with zero attached hydrogens (tertiary/aromatic N) is 1. The van der Waals surface area contributed by atoms with Crippen LogP contribution in [0.1, 0.15) is 28.0 Å². The molecule has 4 rings (SSSR count). The Morgan fingerprint density at radius 3 is 2.95 bits per heavy atom. The number of hydrogen-bond donors (Lipinski definition) is 2. The fourth-order valence-electron chi connectivity index (χ4n) is 3.27. The summed E-state index contributed by atoms with van der Waals surface area (Å²) in [5.74, 6) is 0.936. The van der Waals surface area contributed by atoms with Gasteiger partial charge in [0.1, 0.15) is 5.82 Å². The molecule has 0 saturated heterocycles. The summed E-state index contributed by atoms with van der Waals surface area (Å²) in [6.45, 7) is 4.23. The summed E-state index contributed by atoms with van der Waals surface area (Å²) in [7, 11) is 0. The maximum atomic E-state index is 6.23. The molecule has 102 valence electrons. The molecule has 0 amide bonds. The molecule has 4 heteroatoms. The van der Waals surface area contributed by atoms with Crippen LogP contribution < -0.4 is 5.73 Å². The minimum Gasteiger partial charge on any atom is -0.390 e. The summed E-state index contributed by atoms with van der Waals surface area (Å²) in [5.41, 5.74) is 13.4. The van der Waals surface area contributed by atoms with Crippen molar-refractivity contribution in [1.82, 2.24) is 9.97 Å². The van der Waals surface area contributed by atoms with Crippen molar-refractivity contribution >= 4 is 27.4 Å². The zero-order valence-electron chi connectivity index (χ0n) is 11.7. The van der Waals surface area contributed by atoms with Crippen LogP contribution in [0, 0.1) is 13.8 Å². The van der Waals surface area contributed by atoms with Crippen molar-refractivity contribution in [2.75, 3.05) is 5.73 Å². The molecule has 1 aliphatic rings. The Bertz CT molecular complexity index is 826. The third-order valence-corrected chi connectivity index (χ3v) is 5.23. The number of thiophene rings is 1. The van der Waals surface area contributed by atoms with E-state index in [2.05, 4.69) is 31.0 Å². The smallest absolute Gasteiger partial charge is 0.141 e. The van der Waals surface area contributed by atoms with Crippen LogP contribution >= 0.6 is 11.3 Å². The maximum absolute atomic E-state index is 6.23. The number of benzene rings is 1. The first-order valence-corrected chi connectivity index (χ1v) is 7.82. The highest BCUT2D eigenvalue weighted by Gasteiger charge is 2.23. The average Bonchev–Trinajstić information content (AvgIpc) is 3.02. The number of H-pyrrole nitrogens is 1. The van der Waals surface area contributed by atoms with Crippen molar-refractivity contribution in [3.8, 4) is 11.4 Å². The predicted octanol–water partition coefficient (Wildman–Crippen LogP) is 3.98. The fraction of sp³-hybridized carbons (Fsp3) is 0.312. The van der Waals surface area contributed by atoms with Crippen molar-refractivity contribution < 1.29 is 0 Å². The minimum absolute atomic E-state index is 0.906. The monoisotopic (exact) mass is 283 g/mol. The van der Waals surface area contributed by atoms with Crippen LogP contribution in [0.25, 0.3) is 22.4 Å².